The second-order valence-electron chi connectivity index (χ2n) is 2.89. The maximum Gasteiger partial charge on any atom is 0.229 e. The standard InChI is InChI=1S/C8H13N3OS/c1-5(3-9)7(12)11-8-6(2)10-4-13-8/h4-5H,3,9H2,1-2H3,(H,11,12). The maximum absolute atomic E-state index is 11.4. The highest BCUT2D eigenvalue weighted by Crippen LogP contribution is 2.19. The number of nitrogens with zero attached hydrogens (tertiary/aromatic N) is 1. The highest BCUT2D eigenvalue weighted by molar-refractivity contribution is 7.14. The fraction of sp³-hybridized carbons (Fsp3) is 0.500. The van der Waals surface area contributed by atoms with E-state index >= 15 is 0 Å². The van der Waals surface area contributed by atoms with E-state index in [9.17, 15) is 4.79 Å². The number of nitrogens with one attached hydrogen (secondary N) is 1. The predicted molar refractivity (Wildman–Crippen MR) is 53.7 cm³/mol. The molecule has 0 spiro atoms. The minimum Gasteiger partial charge on any atom is -0.330 e. The van der Waals surface area contributed by atoms with Gasteiger partial charge >= 0.3 is 0 Å². The zero-order valence-electron chi connectivity index (χ0n) is 7.70. The number of aryl methyl sites for hydroxylation is 1. The molecular formula is C8H13N3OS. The molecule has 1 aromatic heterocycles. The second-order valence-corrected chi connectivity index (χ2v) is 3.75. The van der Waals surface area contributed by atoms with Gasteiger partial charge in [0.2, 0.25) is 5.91 Å². The average molecular weight is 199 g/mol. The van der Waals surface area contributed by atoms with Gasteiger partial charge in [-0.2, -0.15) is 0 Å². The molecule has 4 nitrogen and oxygen atoms in total. The first-order chi connectivity index (χ1) is 6.15. The van der Waals surface area contributed by atoms with Crippen LogP contribution >= 0.6 is 11.3 Å². The number of nitrogens with two attached hydrogens (primary N) is 1. The number of aromatic nitrogens is 1. The molecule has 1 amide bonds. The summed E-state index contributed by atoms with van der Waals surface area (Å²) in [5.74, 6) is -0.198. The van der Waals surface area contributed by atoms with Crippen LogP contribution in [0.3, 0.4) is 0 Å². The molecule has 1 atom stereocenters. The molecule has 0 aliphatic heterocycles. The van der Waals surface area contributed by atoms with Crippen molar-refractivity contribution in [1.29, 1.82) is 0 Å². The summed E-state index contributed by atoms with van der Waals surface area (Å²) in [7, 11) is 0. The molecular weight excluding hydrogens is 186 g/mol. The molecule has 72 valence electrons. The molecule has 5 heteroatoms. The Morgan fingerprint density at radius 1 is 1.85 bits per heavy atom. The molecule has 0 saturated heterocycles. The van der Waals surface area contributed by atoms with Crippen LogP contribution in [0.5, 0.6) is 0 Å². The highest BCUT2D eigenvalue weighted by atomic mass is 32.1. The number of hydrogen-bond donors (Lipinski definition) is 2. The Hall–Kier alpha value is -0.940. The number of amides is 1. The van der Waals surface area contributed by atoms with Gasteiger partial charge in [0.15, 0.2) is 0 Å². The predicted octanol–water partition coefficient (Wildman–Crippen LogP) is 0.985. The SMILES string of the molecule is Cc1ncsc1NC(=O)C(C)CN. The fourth-order valence-electron chi connectivity index (χ4n) is 0.764. The van der Waals surface area contributed by atoms with E-state index in [2.05, 4.69) is 10.3 Å². The van der Waals surface area contributed by atoms with E-state index in [1.807, 2.05) is 6.92 Å². The topological polar surface area (TPSA) is 68.0 Å². The maximum atomic E-state index is 11.4. The van der Waals surface area contributed by atoms with Crippen molar-refractivity contribution in [2.24, 2.45) is 11.7 Å². The van der Waals surface area contributed by atoms with E-state index in [4.69, 9.17) is 5.73 Å². The number of carbonyl (C=O) groups is 1. The molecule has 0 aromatic carbocycles. The van der Waals surface area contributed by atoms with Crippen LogP contribution in [0.15, 0.2) is 5.51 Å². The molecule has 0 fully saturated rings. The van der Waals surface area contributed by atoms with Crippen molar-refractivity contribution in [1.82, 2.24) is 4.98 Å². The molecule has 0 bridgehead atoms. The van der Waals surface area contributed by atoms with E-state index in [1.54, 1.807) is 12.4 Å². The minimum atomic E-state index is -0.151. The smallest absolute Gasteiger partial charge is 0.229 e. The molecule has 0 aliphatic rings. The largest absolute Gasteiger partial charge is 0.330 e. The van der Waals surface area contributed by atoms with Gasteiger partial charge < -0.3 is 11.1 Å². The average Bonchev–Trinajstić information content (AvgIpc) is 2.50. The lowest BCUT2D eigenvalue weighted by atomic mass is 10.2. The van der Waals surface area contributed by atoms with Crippen molar-refractivity contribution in [3.05, 3.63) is 11.2 Å². The van der Waals surface area contributed by atoms with E-state index in [0.717, 1.165) is 10.7 Å². The van der Waals surface area contributed by atoms with Crippen molar-refractivity contribution in [2.75, 3.05) is 11.9 Å². The van der Waals surface area contributed by atoms with Gasteiger partial charge in [-0.15, -0.1) is 11.3 Å². The quantitative estimate of drug-likeness (QED) is 0.762. The molecule has 13 heavy (non-hydrogen) atoms. The van der Waals surface area contributed by atoms with E-state index in [-0.39, 0.29) is 11.8 Å². The van der Waals surface area contributed by atoms with Crippen LogP contribution in [0, 0.1) is 12.8 Å². The van der Waals surface area contributed by atoms with Crippen molar-refractivity contribution in [3.63, 3.8) is 0 Å². The molecule has 1 rings (SSSR count). The summed E-state index contributed by atoms with van der Waals surface area (Å²) in [6, 6.07) is 0. The van der Waals surface area contributed by atoms with Gasteiger partial charge in [-0.3, -0.25) is 4.79 Å². The normalized spacial score (nSPS) is 12.5. The lowest BCUT2D eigenvalue weighted by Crippen LogP contribution is -2.26. The molecule has 3 N–H and O–H groups in total. The van der Waals surface area contributed by atoms with Crippen LogP contribution in [0.4, 0.5) is 5.00 Å². The Labute approximate surface area is 81.2 Å². The fourth-order valence-corrected chi connectivity index (χ4v) is 1.46. The first-order valence-electron chi connectivity index (χ1n) is 4.06. The zero-order chi connectivity index (χ0) is 9.84. The van der Waals surface area contributed by atoms with E-state index in [0.29, 0.717) is 6.54 Å². The summed E-state index contributed by atoms with van der Waals surface area (Å²) in [5.41, 5.74) is 7.92. The second kappa shape index (κ2) is 4.34. The first kappa shape index (κ1) is 10.1. The summed E-state index contributed by atoms with van der Waals surface area (Å²) in [5, 5.41) is 3.59. The zero-order valence-corrected chi connectivity index (χ0v) is 8.52. The lowest BCUT2D eigenvalue weighted by molar-refractivity contribution is -0.119. The van der Waals surface area contributed by atoms with Gasteiger partial charge in [0.25, 0.3) is 0 Å². The monoisotopic (exact) mass is 199 g/mol. The summed E-state index contributed by atoms with van der Waals surface area (Å²) < 4.78 is 0. The third-order valence-corrected chi connectivity index (χ3v) is 2.63. The number of thiazole rings is 1. The van der Waals surface area contributed by atoms with Gasteiger partial charge in [-0.05, 0) is 6.92 Å². The third kappa shape index (κ3) is 2.50. The highest BCUT2D eigenvalue weighted by Gasteiger charge is 2.12. The number of anilines is 1. The van der Waals surface area contributed by atoms with Crippen molar-refractivity contribution >= 4 is 22.2 Å². The number of carbonyl (C=O) groups excluding carboxylic acids is 1. The Morgan fingerprint density at radius 2 is 2.54 bits per heavy atom. The minimum absolute atomic E-state index is 0.0464. The van der Waals surface area contributed by atoms with Crippen LogP contribution in [-0.4, -0.2) is 17.4 Å². The van der Waals surface area contributed by atoms with Gasteiger partial charge in [0, 0.05) is 12.5 Å². The first-order valence-corrected chi connectivity index (χ1v) is 4.94. The molecule has 0 radical (unpaired) electrons. The summed E-state index contributed by atoms with van der Waals surface area (Å²) in [4.78, 5) is 15.4. The Morgan fingerprint density at radius 3 is 3.00 bits per heavy atom. The van der Waals surface area contributed by atoms with Crippen LogP contribution in [-0.2, 0) is 4.79 Å². The Bertz CT molecular complexity index is 297. The number of rotatable bonds is 3. The van der Waals surface area contributed by atoms with Gasteiger partial charge in [0.05, 0.1) is 11.2 Å². The van der Waals surface area contributed by atoms with Crippen molar-refractivity contribution < 1.29 is 4.79 Å². The summed E-state index contributed by atoms with van der Waals surface area (Å²) >= 11 is 1.42. The van der Waals surface area contributed by atoms with Gasteiger partial charge in [-0.1, -0.05) is 6.92 Å². The van der Waals surface area contributed by atoms with E-state index in [1.165, 1.54) is 11.3 Å². The molecule has 0 saturated carbocycles. The molecule has 1 heterocycles. The molecule has 1 unspecified atom stereocenters. The van der Waals surface area contributed by atoms with Crippen molar-refractivity contribution in [3.8, 4) is 0 Å². The lowest BCUT2D eigenvalue weighted by Gasteiger charge is -2.07. The van der Waals surface area contributed by atoms with Gasteiger partial charge in [0.1, 0.15) is 5.00 Å². The molecule has 0 aliphatic carbocycles. The van der Waals surface area contributed by atoms with Crippen LogP contribution in [0.2, 0.25) is 0 Å². The summed E-state index contributed by atoms with van der Waals surface area (Å²) in [6.45, 7) is 4.02. The summed E-state index contributed by atoms with van der Waals surface area (Å²) in [6.07, 6.45) is 0. The van der Waals surface area contributed by atoms with Gasteiger partial charge in [-0.25, -0.2) is 4.98 Å². The number of hydrogen-bond acceptors (Lipinski definition) is 4. The van der Waals surface area contributed by atoms with Crippen LogP contribution in [0.25, 0.3) is 0 Å². The Balaban J connectivity index is 2.60. The third-order valence-electron chi connectivity index (χ3n) is 1.78. The molecule has 1 aromatic rings. The van der Waals surface area contributed by atoms with Crippen LogP contribution in [0.1, 0.15) is 12.6 Å². The Kier molecular flexibility index (Phi) is 3.39. The van der Waals surface area contributed by atoms with Crippen LogP contribution < -0.4 is 11.1 Å². The van der Waals surface area contributed by atoms with E-state index < -0.39 is 0 Å². The van der Waals surface area contributed by atoms with Crippen molar-refractivity contribution in [2.45, 2.75) is 13.8 Å².